The van der Waals surface area contributed by atoms with Crippen LogP contribution >= 0.6 is 23.2 Å². The summed E-state index contributed by atoms with van der Waals surface area (Å²) in [5, 5.41) is 11.1. The van der Waals surface area contributed by atoms with Gasteiger partial charge in [0, 0.05) is 21.7 Å². The number of hydrogen-bond donors (Lipinski definition) is 1. The quantitative estimate of drug-likeness (QED) is 0.580. The van der Waals surface area contributed by atoms with E-state index in [4.69, 9.17) is 27.9 Å². The van der Waals surface area contributed by atoms with E-state index in [2.05, 4.69) is 0 Å². The Labute approximate surface area is 172 Å². The number of hydrogen-bond acceptors (Lipinski definition) is 4. The van der Waals surface area contributed by atoms with Crippen LogP contribution in [-0.2, 0) is 16.0 Å². The summed E-state index contributed by atoms with van der Waals surface area (Å²) in [6, 6.07) is 9.57. The number of halogens is 2. The number of rotatable bonds is 5. The first-order valence-corrected chi connectivity index (χ1v) is 9.58. The van der Waals surface area contributed by atoms with Gasteiger partial charge in [-0.1, -0.05) is 30.1 Å². The summed E-state index contributed by atoms with van der Waals surface area (Å²) in [5.41, 5.74) is 2.07. The lowest BCUT2D eigenvalue weighted by molar-refractivity contribution is -0.142. The van der Waals surface area contributed by atoms with Crippen LogP contribution in [0.25, 0.3) is 10.9 Å². The molecule has 0 aliphatic rings. The van der Waals surface area contributed by atoms with Crippen LogP contribution in [0.15, 0.2) is 36.4 Å². The topological polar surface area (TPSA) is 68.5 Å². The Morgan fingerprint density at radius 3 is 2.43 bits per heavy atom. The van der Waals surface area contributed by atoms with Gasteiger partial charge in [0.25, 0.3) is 5.91 Å². The summed E-state index contributed by atoms with van der Waals surface area (Å²) in [5.74, 6) is -0.815. The van der Waals surface area contributed by atoms with Crippen LogP contribution in [0.2, 0.25) is 10.0 Å². The summed E-state index contributed by atoms with van der Waals surface area (Å²) < 4.78 is 6.68. The van der Waals surface area contributed by atoms with Gasteiger partial charge >= 0.3 is 5.97 Å². The zero-order valence-corrected chi connectivity index (χ0v) is 17.0. The average molecular weight is 420 g/mol. The van der Waals surface area contributed by atoms with Crippen molar-refractivity contribution in [3.8, 4) is 5.75 Å². The van der Waals surface area contributed by atoms with Gasteiger partial charge < -0.3 is 9.84 Å². The van der Waals surface area contributed by atoms with Gasteiger partial charge in [-0.3, -0.25) is 14.2 Å². The molecule has 0 fully saturated rings. The zero-order chi connectivity index (χ0) is 20.4. The molecule has 7 heteroatoms. The Hall–Kier alpha value is -2.50. The number of nitrogens with zero attached hydrogens (tertiary/aromatic N) is 1. The maximum Gasteiger partial charge on any atom is 0.310 e. The van der Waals surface area contributed by atoms with E-state index in [1.807, 2.05) is 6.92 Å². The molecule has 2 aromatic carbocycles. The minimum atomic E-state index is -0.414. The monoisotopic (exact) mass is 419 g/mol. The van der Waals surface area contributed by atoms with Crippen molar-refractivity contribution in [2.24, 2.45) is 0 Å². The number of carbonyl (C=O) groups excluding carboxylic acids is 2. The molecule has 0 bridgehead atoms. The molecule has 28 heavy (non-hydrogen) atoms. The van der Waals surface area contributed by atoms with Crippen LogP contribution < -0.4 is 0 Å². The fourth-order valence-electron chi connectivity index (χ4n) is 3.14. The summed E-state index contributed by atoms with van der Waals surface area (Å²) in [7, 11) is 0. The molecule has 5 nitrogen and oxygen atoms in total. The summed E-state index contributed by atoms with van der Waals surface area (Å²) in [4.78, 5) is 25.4. The first kappa shape index (κ1) is 20.2. The van der Waals surface area contributed by atoms with Gasteiger partial charge in [0.05, 0.1) is 23.6 Å². The van der Waals surface area contributed by atoms with Crippen LogP contribution in [0.4, 0.5) is 0 Å². The van der Waals surface area contributed by atoms with E-state index in [0.717, 1.165) is 0 Å². The Morgan fingerprint density at radius 2 is 1.79 bits per heavy atom. The van der Waals surface area contributed by atoms with E-state index >= 15 is 0 Å². The molecule has 0 amide bonds. The summed E-state index contributed by atoms with van der Waals surface area (Å²) in [6.07, 6.45) is 0.662. The number of fused-ring (bicyclic) bond motifs is 1. The van der Waals surface area contributed by atoms with Crippen molar-refractivity contribution in [2.75, 3.05) is 6.61 Å². The maximum absolute atomic E-state index is 13.2. The van der Waals surface area contributed by atoms with Crippen molar-refractivity contribution in [3.05, 3.63) is 63.3 Å². The largest absolute Gasteiger partial charge is 0.506 e. The lowest BCUT2D eigenvalue weighted by atomic mass is 10.1. The van der Waals surface area contributed by atoms with Gasteiger partial charge in [-0.2, -0.15) is 0 Å². The highest BCUT2D eigenvalue weighted by Gasteiger charge is 2.24. The Kier molecular flexibility index (Phi) is 5.96. The number of carbonyl (C=O) groups is 2. The highest BCUT2D eigenvalue weighted by molar-refractivity contribution is 6.37. The second-order valence-electron chi connectivity index (χ2n) is 6.40. The third-order valence-corrected chi connectivity index (χ3v) is 5.13. The van der Waals surface area contributed by atoms with Crippen molar-refractivity contribution in [1.29, 1.82) is 0 Å². The number of ether oxygens (including phenoxy) is 1. The molecule has 0 unspecified atom stereocenters. The second kappa shape index (κ2) is 8.25. The second-order valence-corrected chi connectivity index (χ2v) is 7.22. The standard InChI is InChI=1S/C21H19Cl2NO4/c1-3-10-28-18(26)11-15-12(2)24(16-8-9-17(25)20(23)19(15)16)21(27)13-4-6-14(22)7-5-13/h4-9,25H,3,10-11H2,1-2H3. The molecular formula is C21H19Cl2NO4. The first-order chi connectivity index (χ1) is 13.3. The molecule has 0 aliphatic carbocycles. The zero-order valence-electron chi connectivity index (χ0n) is 15.5. The van der Waals surface area contributed by atoms with Gasteiger partial charge in [0.1, 0.15) is 5.75 Å². The van der Waals surface area contributed by atoms with Crippen molar-refractivity contribution in [3.63, 3.8) is 0 Å². The molecule has 1 aromatic heterocycles. The number of esters is 1. The Balaban J connectivity index is 2.17. The SMILES string of the molecule is CCCOC(=O)Cc1c(C)n(C(=O)c2ccc(Cl)cc2)c2ccc(O)c(Cl)c12. The predicted octanol–water partition coefficient (Wildman–Crippen LogP) is 5.15. The molecule has 1 N–H and O–H groups in total. The molecule has 0 saturated heterocycles. The summed E-state index contributed by atoms with van der Waals surface area (Å²) >= 11 is 12.2. The van der Waals surface area contributed by atoms with Crippen LogP contribution in [0.3, 0.4) is 0 Å². The van der Waals surface area contributed by atoms with Gasteiger partial charge in [-0.25, -0.2) is 0 Å². The van der Waals surface area contributed by atoms with E-state index in [9.17, 15) is 14.7 Å². The lowest BCUT2D eigenvalue weighted by Gasteiger charge is -2.08. The van der Waals surface area contributed by atoms with Gasteiger partial charge in [-0.15, -0.1) is 0 Å². The van der Waals surface area contributed by atoms with Gasteiger partial charge in [0.15, 0.2) is 0 Å². The normalized spacial score (nSPS) is 11.0. The van der Waals surface area contributed by atoms with Crippen molar-refractivity contribution < 1.29 is 19.4 Å². The number of benzene rings is 2. The van der Waals surface area contributed by atoms with Crippen molar-refractivity contribution >= 4 is 46.0 Å². The van der Waals surface area contributed by atoms with E-state index < -0.39 is 5.97 Å². The maximum atomic E-state index is 13.2. The highest BCUT2D eigenvalue weighted by Crippen LogP contribution is 2.38. The summed E-state index contributed by atoms with van der Waals surface area (Å²) in [6.45, 7) is 3.97. The average Bonchev–Trinajstić information content (AvgIpc) is 2.95. The number of aromatic hydroxyl groups is 1. The van der Waals surface area contributed by atoms with Crippen LogP contribution in [0.5, 0.6) is 5.75 Å². The number of phenols is 1. The van der Waals surface area contributed by atoms with Crippen molar-refractivity contribution in [1.82, 2.24) is 4.57 Å². The fourth-order valence-corrected chi connectivity index (χ4v) is 3.54. The molecule has 1 heterocycles. The van der Waals surface area contributed by atoms with Crippen LogP contribution in [0.1, 0.15) is 35.0 Å². The molecule has 0 saturated carbocycles. The first-order valence-electron chi connectivity index (χ1n) is 8.82. The molecule has 146 valence electrons. The van der Waals surface area contributed by atoms with Crippen molar-refractivity contribution in [2.45, 2.75) is 26.7 Å². The molecule has 3 aromatic rings. The van der Waals surface area contributed by atoms with E-state index in [-0.39, 0.29) is 23.1 Å². The molecule has 0 spiro atoms. The lowest BCUT2D eigenvalue weighted by Crippen LogP contribution is -2.14. The van der Waals surface area contributed by atoms with E-state index in [1.165, 1.54) is 10.6 Å². The molecular weight excluding hydrogens is 401 g/mol. The molecule has 3 rings (SSSR count). The Bertz CT molecular complexity index is 1050. The Morgan fingerprint density at radius 1 is 1.11 bits per heavy atom. The van der Waals surface area contributed by atoms with Crippen LogP contribution in [0, 0.1) is 6.92 Å². The number of phenolic OH excluding ortho intramolecular Hbond substituents is 1. The minimum absolute atomic E-state index is 0.0492. The minimum Gasteiger partial charge on any atom is -0.506 e. The number of aromatic nitrogens is 1. The molecule has 0 atom stereocenters. The third-order valence-electron chi connectivity index (χ3n) is 4.50. The molecule has 0 radical (unpaired) electrons. The molecule has 0 aliphatic heterocycles. The van der Waals surface area contributed by atoms with Gasteiger partial charge in [-0.05, 0) is 55.3 Å². The smallest absolute Gasteiger partial charge is 0.310 e. The van der Waals surface area contributed by atoms with Crippen LogP contribution in [-0.4, -0.2) is 28.2 Å². The predicted molar refractivity (Wildman–Crippen MR) is 109 cm³/mol. The van der Waals surface area contributed by atoms with Gasteiger partial charge in [0.2, 0.25) is 0 Å². The van der Waals surface area contributed by atoms with E-state index in [0.29, 0.717) is 45.8 Å². The third kappa shape index (κ3) is 3.73. The van der Waals surface area contributed by atoms with E-state index in [1.54, 1.807) is 37.3 Å². The fraction of sp³-hybridized carbons (Fsp3) is 0.238. The highest BCUT2D eigenvalue weighted by atomic mass is 35.5.